The zero-order valence-electron chi connectivity index (χ0n) is 11.5. The Kier molecular flexibility index (Phi) is 6.83. The zero-order chi connectivity index (χ0) is 14.4. The molecule has 0 aliphatic rings. The summed E-state index contributed by atoms with van der Waals surface area (Å²) in [5.41, 5.74) is 0.990. The van der Waals surface area contributed by atoms with Gasteiger partial charge in [0.15, 0.2) is 0 Å². The molecular weight excluding hydrogens is 328 g/mol. The zero-order valence-corrected chi connectivity index (χ0v) is 13.9. The average molecular weight is 348 g/mol. The fourth-order valence-corrected chi connectivity index (χ4v) is 2.56. The van der Waals surface area contributed by atoms with Crippen molar-refractivity contribution in [1.29, 1.82) is 0 Å². The lowest BCUT2D eigenvalue weighted by molar-refractivity contribution is -0.132. The van der Waals surface area contributed by atoms with Gasteiger partial charge >= 0.3 is 0 Å². The SMILES string of the molecule is CCN(CC)C(=O)C(C)NCc1ccc(Br)cc1Cl. The van der Waals surface area contributed by atoms with Gasteiger partial charge < -0.3 is 10.2 Å². The predicted octanol–water partition coefficient (Wildman–Crippen LogP) is 3.45. The normalized spacial score (nSPS) is 12.3. The molecule has 0 radical (unpaired) electrons. The summed E-state index contributed by atoms with van der Waals surface area (Å²) in [7, 11) is 0. The molecule has 1 N–H and O–H groups in total. The van der Waals surface area contributed by atoms with Crippen LogP contribution < -0.4 is 5.32 Å². The maximum absolute atomic E-state index is 12.1. The van der Waals surface area contributed by atoms with Crippen molar-refractivity contribution in [1.82, 2.24) is 10.2 Å². The summed E-state index contributed by atoms with van der Waals surface area (Å²) in [4.78, 5) is 13.9. The molecule has 0 aliphatic carbocycles. The van der Waals surface area contributed by atoms with Gasteiger partial charge in [-0.25, -0.2) is 0 Å². The van der Waals surface area contributed by atoms with Gasteiger partial charge in [-0.1, -0.05) is 33.6 Å². The van der Waals surface area contributed by atoms with Gasteiger partial charge in [0.2, 0.25) is 5.91 Å². The van der Waals surface area contributed by atoms with Crippen molar-refractivity contribution in [3.05, 3.63) is 33.3 Å². The lowest BCUT2D eigenvalue weighted by Crippen LogP contribution is -2.44. The second kappa shape index (κ2) is 7.88. The molecule has 3 nitrogen and oxygen atoms in total. The quantitative estimate of drug-likeness (QED) is 0.855. The summed E-state index contributed by atoms with van der Waals surface area (Å²) >= 11 is 9.52. The Balaban J connectivity index is 2.58. The molecule has 0 bridgehead atoms. The van der Waals surface area contributed by atoms with E-state index in [-0.39, 0.29) is 11.9 Å². The van der Waals surface area contributed by atoms with Gasteiger partial charge in [0.05, 0.1) is 6.04 Å². The first-order valence-electron chi connectivity index (χ1n) is 6.45. The van der Waals surface area contributed by atoms with E-state index >= 15 is 0 Å². The highest BCUT2D eigenvalue weighted by molar-refractivity contribution is 9.10. The molecule has 5 heteroatoms. The summed E-state index contributed by atoms with van der Waals surface area (Å²) in [6, 6.07) is 5.54. The van der Waals surface area contributed by atoms with Crippen LogP contribution in [0.25, 0.3) is 0 Å². The number of nitrogens with zero attached hydrogens (tertiary/aromatic N) is 1. The van der Waals surface area contributed by atoms with E-state index in [9.17, 15) is 4.79 Å². The first-order valence-corrected chi connectivity index (χ1v) is 7.62. The Hall–Kier alpha value is -0.580. The van der Waals surface area contributed by atoms with Crippen molar-refractivity contribution in [2.24, 2.45) is 0 Å². The van der Waals surface area contributed by atoms with E-state index in [1.807, 2.05) is 43.9 Å². The largest absolute Gasteiger partial charge is 0.342 e. The Morgan fingerprint density at radius 1 is 1.42 bits per heavy atom. The van der Waals surface area contributed by atoms with E-state index < -0.39 is 0 Å². The second-order valence-corrected chi connectivity index (χ2v) is 5.67. The highest BCUT2D eigenvalue weighted by atomic mass is 79.9. The molecule has 0 heterocycles. The second-order valence-electron chi connectivity index (χ2n) is 4.35. The van der Waals surface area contributed by atoms with Crippen LogP contribution in [0, 0.1) is 0 Å². The molecule has 1 atom stereocenters. The Morgan fingerprint density at radius 2 is 2.05 bits per heavy atom. The minimum atomic E-state index is -0.209. The molecule has 0 spiro atoms. The molecular formula is C14H20BrClN2O. The lowest BCUT2D eigenvalue weighted by atomic mass is 10.2. The minimum absolute atomic E-state index is 0.123. The molecule has 0 saturated heterocycles. The molecule has 1 aromatic rings. The Morgan fingerprint density at radius 3 is 2.58 bits per heavy atom. The molecule has 1 aromatic carbocycles. The number of benzene rings is 1. The summed E-state index contributed by atoms with van der Waals surface area (Å²) < 4.78 is 0.952. The average Bonchev–Trinajstić information content (AvgIpc) is 2.38. The molecule has 0 aliphatic heterocycles. The van der Waals surface area contributed by atoms with E-state index in [0.717, 1.165) is 23.1 Å². The number of likely N-dealkylation sites (N-methyl/N-ethyl adjacent to an activating group) is 1. The van der Waals surface area contributed by atoms with Crippen LogP contribution in [0.4, 0.5) is 0 Å². The van der Waals surface area contributed by atoms with E-state index in [0.29, 0.717) is 11.6 Å². The number of carbonyl (C=O) groups excluding carboxylic acids is 1. The van der Waals surface area contributed by atoms with Crippen molar-refractivity contribution < 1.29 is 4.79 Å². The summed E-state index contributed by atoms with van der Waals surface area (Å²) in [6.07, 6.45) is 0. The van der Waals surface area contributed by atoms with Crippen molar-refractivity contribution in [2.45, 2.75) is 33.4 Å². The van der Waals surface area contributed by atoms with Crippen LogP contribution in [0.1, 0.15) is 26.3 Å². The number of halogens is 2. The maximum Gasteiger partial charge on any atom is 0.239 e. The van der Waals surface area contributed by atoms with Crippen LogP contribution >= 0.6 is 27.5 Å². The van der Waals surface area contributed by atoms with Crippen molar-refractivity contribution in [2.75, 3.05) is 13.1 Å². The molecule has 1 amide bonds. The Bertz CT molecular complexity index is 435. The topological polar surface area (TPSA) is 32.3 Å². The third-order valence-corrected chi connectivity index (χ3v) is 3.90. The lowest BCUT2D eigenvalue weighted by Gasteiger charge is -2.23. The standard InChI is InChI=1S/C14H20BrClN2O/c1-4-18(5-2)14(19)10(3)17-9-11-6-7-12(15)8-13(11)16/h6-8,10,17H,4-5,9H2,1-3H3. The van der Waals surface area contributed by atoms with Gasteiger partial charge in [0, 0.05) is 29.1 Å². The van der Waals surface area contributed by atoms with Crippen LogP contribution in [-0.2, 0) is 11.3 Å². The van der Waals surface area contributed by atoms with Crippen molar-refractivity contribution >= 4 is 33.4 Å². The molecule has 1 unspecified atom stereocenters. The fraction of sp³-hybridized carbons (Fsp3) is 0.500. The highest BCUT2D eigenvalue weighted by Crippen LogP contribution is 2.21. The first kappa shape index (κ1) is 16.5. The summed E-state index contributed by atoms with van der Waals surface area (Å²) in [6.45, 7) is 7.91. The van der Waals surface area contributed by atoms with Gasteiger partial charge in [-0.15, -0.1) is 0 Å². The minimum Gasteiger partial charge on any atom is -0.342 e. The number of carbonyl (C=O) groups is 1. The smallest absolute Gasteiger partial charge is 0.239 e. The van der Waals surface area contributed by atoms with Gasteiger partial charge in [-0.3, -0.25) is 4.79 Å². The van der Waals surface area contributed by atoms with Gasteiger partial charge in [-0.05, 0) is 38.5 Å². The number of rotatable bonds is 6. The maximum atomic E-state index is 12.1. The van der Waals surface area contributed by atoms with E-state index in [1.54, 1.807) is 0 Å². The highest BCUT2D eigenvalue weighted by Gasteiger charge is 2.17. The van der Waals surface area contributed by atoms with Crippen LogP contribution in [0.5, 0.6) is 0 Å². The summed E-state index contributed by atoms with van der Waals surface area (Å²) in [5.74, 6) is 0.123. The monoisotopic (exact) mass is 346 g/mol. The molecule has 0 aromatic heterocycles. The third kappa shape index (κ3) is 4.79. The van der Waals surface area contributed by atoms with Crippen LogP contribution in [0.15, 0.2) is 22.7 Å². The van der Waals surface area contributed by atoms with E-state index in [2.05, 4.69) is 21.2 Å². The first-order chi connectivity index (χ1) is 8.99. The molecule has 106 valence electrons. The van der Waals surface area contributed by atoms with Crippen molar-refractivity contribution in [3.8, 4) is 0 Å². The van der Waals surface area contributed by atoms with E-state index in [4.69, 9.17) is 11.6 Å². The number of nitrogens with one attached hydrogen (secondary N) is 1. The molecule has 1 rings (SSSR count). The van der Waals surface area contributed by atoms with Crippen LogP contribution in [0.3, 0.4) is 0 Å². The van der Waals surface area contributed by atoms with Gasteiger partial charge in [0.1, 0.15) is 0 Å². The fourth-order valence-electron chi connectivity index (χ4n) is 1.82. The number of hydrogen-bond donors (Lipinski definition) is 1. The molecule has 0 fully saturated rings. The van der Waals surface area contributed by atoms with Crippen LogP contribution in [0.2, 0.25) is 5.02 Å². The van der Waals surface area contributed by atoms with Crippen molar-refractivity contribution in [3.63, 3.8) is 0 Å². The van der Waals surface area contributed by atoms with Gasteiger partial charge in [-0.2, -0.15) is 0 Å². The number of hydrogen-bond acceptors (Lipinski definition) is 2. The van der Waals surface area contributed by atoms with Gasteiger partial charge in [0.25, 0.3) is 0 Å². The molecule has 19 heavy (non-hydrogen) atoms. The number of amides is 1. The molecule has 0 saturated carbocycles. The Labute approximate surface area is 128 Å². The third-order valence-electron chi connectivity index (χ3n) is 3.06. The van der Waals surface area contributed by atoms with E-state index in [1.165, 1.54) is 0 Å². The predicted molar refractivity (Wildman–Crippen MR) is 83.4 cm³/mol. The van der Waals surface area contributed by atoms with Crippen LogP contribution in [-0.4, -0.2) is 29.9 Å². The summed E-state index contributed by atoms with van der Waals surface area (Å²) in [5, 5.41) is 3.92.